The van der Waals surface area contributed by atoms with Gasteiger partial charge in [0.15, 0.2) is 0 Å². The van der Waals surface area contributed by atoms with Gasteiger partial charge < -0.3 is 10.0 Å². The molecule has 1 aliphatic rings. The van der Waals surface area contributed by atoms with Gasteiger partial charge in [0.05, 0.1) is 5.57 Å². The average Bonchev–Trinajstić information content (AvgIpc) is 2.19. The molecule has 15 heavy (non-hydrogen) atoms. The molecule has 0 bridgehead atoms. The SMILES string of the molecule is C=C1C(I)=CC(C(=O)O)=CN1CCCC. The van der Waals surface area contributed by atoms with E-state index in [0.29, 0.717) is 5.57 Å². The maximum Gasteiger partial charge on any atom is 0.337 e. The summed E-state index contributed by atoms with van der Waals surface area (Å²) in [4.78, 5) is 12.8. The van der Waals surface area contributed by atoms with Gasteiger partial charge in [-0.25, -0.2) is 4.79 Å². The molecule has 4 heteroatoms. The minimum Gasteiger partial charge on any atom is -0.478 e. The summed E-state index contributed by atoms with van der Waals surface area (Å²) >= 11 is 2.11. The smallest absolute Gasteiger partial charge is 0.337 e. The van der Waals surface area contributed by atoms with Crippen molar-refractivity contribution in [2.75, 3.05) is 6.54 Å². The van der Waals surface area contributed by atoms with Crippen LogP contribution in [0.15, 0.2) is 33.7 Å². The molecule has 1 rings (SSSR count). The van der Waals surface area contributed by atoms with Crippen molar-refractivity contribution >= 4 is 28.6 Å². The summed E-state index contributed by atoms with van der Waals surface area (Å²) in [5.41, 5.74) is 1.21. The van der Waals surface area contributed by atoms with Crippen LogP contribution in [0.4, 0.5) is 0 Å². The molecule has 3 nitrogen and oxygen atoms in total. The van der Waals surface area contributed by atoms with Gasteiger partial charge in [-0.15, -0.1) is 0 Å². The van der Waals surface area contributed by atoms with Crippen LogP contribution >= 0.6 is 22.6 Å². The van der Waals surface area contributed by atoms with Crippen LogP contribution in [0, 0.1) is 0 Å². The van der Waals surface area contributed by atoms with E-state index in [9.17, 15) is 4.79 Å². The second-order valence-corrected chi connectivity index (χ2v) is 4.54. The molecule has 82 valence electrons. The predicted octanol–water partition coefficient (Wildman–Crippen LogP) is 2.90. The van der Waals surface area contributed by atoms with Crippen molar-refractivity contribution in [1.82, 2.24) is 4.90 Å². The zero-order chi connectivity index (χ0) is 11.4. The molecule has 1 heterocycles. The number of allylic oxidation sites excluding steroid dienone is 1. The van der Waals surface area contributed by atoms with Gasteiger partial charge >= 0.3 is 5.97 Å². The van der Waals surface area contributed by atoms with Crippen molar-refractivity contribution in [1.29, 1.82) is 0 Å². The molecular formula is C11H14INO2. The zero-order valence-corrected chi connectivity index (χ0v) is 10.8. The van der Waals surface area contributed by atoms with Gasteiger partial charge in [-0.05, 0) is 35.1 Å². The molecule has 0 radical (unpaired) electrons. The second-order valence-electron chi connectivity index (χ2n) is 3.38. The molecule has 0 spiro atoms. The summed E-state index contributed by atoms with van der Waals surface area (Å²) in [6.07, 6.45) is 5.42. The summed E-state index contributed by atoms with van der Waals surface area (Å²) in [5.74, 6) is -0.891. The standard InChI is InChI=1S/C11H14INO2/c1-3-4-5-13-7-9(11(14)15)6-10(12)8(13)2/h6-7H,2-5H2,1H3,(H,14,15). The number of unbranched alkanes of at least 4 members (excludes halogenated alkanes) is 1. The molecule has 0 fully saturated rings. The van der Waals surface area contributed by atoms with Gasteiger partial charge in [-0.1, -0.05) is 19.9 Å². The third-order valence-electron chi connectivity index (χ3n) is 2.20. The third-order valence-corrected chi connectivity index (χ3v) is 3.13. The quantitative estimate of drug-likeness (QED) is 0.810. The summed E-state index contributed by atoms with van der Waals surface area (Å²) in [7, 11) is 0. The number of nitrogens with zero attached hydrogens (tertiary/aromatic N) is 1. The van der Waals surface area contributed by atoms with Crippen molar-refractivity contribution in [3.8, 4) is 0 Å². The van der Waals surface area contributed by atoms with E-state index in [-0.39, 0.29) is 0 Å². The molecule has 0 aromatic rings. The Kier molecular flexibility index (Phi) is 4.38. The van der Waals surface area contributed by atoms with Crippen molar-refractivity contribution in [3.63, 3.8) is 0 Å². The first-order chi connectivity index (χ1) is 7.06. The van der Waals surface area contributed by atoms with Crippen molar-refractivity contribution in [3.05, 3.63) is 33.7 Å². The van der Waals surface area contributed by atoms with E-state index in [1.165, 1.54) is 0 Å². The number of aliphatic carboxylic acids is 1. The minimum atomic E-state index is -0.891. The van der Waals surface area contributed by atoms with Crippen molar-refractivity contribution in [2.45, 2.75) is 19.8 Å². The van der Waals surface area contributed by atoms with E-state index < -0.39 is 5.97 Å². The monoisotopic (exact) mass is 319 g/mol. The number of carbonyl (C=O) groups is 1. The van der Waals surface area contributed by atoms with E-state index >= 15 is 0 Å². The van der Waals surface area contributed by atoms with Gasteiger partial charge in [0.1, 0.15) is 0 Å². The van der Waals surface area contributed by atoms with Gasteiger partial charge in [0.2, 0.25) is 0 Å². The van der Waals surface area contributed by atoms with Crippen LogP contribution in [0.1, 0.15) is 19.8 Å². The highest BCUT2D eigenvalue weighted by Crippen LogP contribution is 2.27. The first-order valence-corrected chi connectivity index (χ1v) is 5.92. The molecule has 0 atom stereocenters. The highest BCUT2D eigenvalue weighted by molar-refractivity contribution is 14.1. The minimum absolute atomic E-state index is 0.322. The summed E-state index contributed by atoms with van der Waals surface area (Å²) in [6.45, 7) is 6.87. The Bertz CT molecular complexity index is 344. The maximum absolute atomic E-state index is 10.9. The number of halogens is 1. The van der Waals surface area contributed by atoms with E-state index in [4.69, 9.17) is 5.11 Å². The Balaban J connectivity index is 2.84. The van der Waals surface area contributed by atoms with Crippen LogP contribution in [0.5, 0.6) is 0 Å². The van der Waals surface area contributed by atoms with E-state index in [1.54, 1.807) is 12.3 Å². The molecule has 0 unspecified atom stereocenters. The Morgan fingerprint density at radius 1 is 1.67 bits per heavy atom. The highest BCUT2D eigenvalue weighted by atomic mass is 127. The summed E-state index contributed by atoms with van der Waals surface area (Å²) < 4.78 is 0.892. The predicted molar refractivity (Wildman–Crippen MR) is 68.6 cm³/mol. The second kappa shape index (κ2) is 5.34. The van der Waals surface area contributed by atoms with Crippen molar-refractivity contribution < 1.29 is 9.90 Å². The Hall–Kier alpha value is -0.780. The lowest BCUT2D eigenvalue weighted by molar-refractivity contribution is -0.132. The molecule has 0 amide bonds. The largest absolute Gasteiger partial charge is 0.478 e. The van der Waals surface area contributed by atoms with Gasteiger partial charge in [0.25, 0.3) is 0 Å². The number of hydrogen-bond donors (Lipinski definition) is 1. The fraction of sp³-hybridized carbons (Fsp3) is 0.364. The fourth-order valence-corrected chi connectivity index (χ4v) is 1.93. The Morgan fingerprint density at radius 2 is 2.33 bits per heavy atom. The number of hydrogen-bond acceptors (Lipinski definition) is 2. The van der Waals surface area contributed by atoms with Crippen LogP contribution in [0.2, 0.25) is 0 Å². The van der Waals surface area contributed by atoms with Crippen LogP contribution in [-0.2, 0) is 4.79 Å². The first kappa shape index (κ1) is 12.3. The Labute approximate surface area is 103 Å². The number of carboxylic acid groups (broad SMARTS) is 1. The van der Waals surface area contributed by atoms with E-state index in [1.807, 2.05) is 4.90 Å². The van der Waals surface area contributed by atoms with Crippen LogP contribution in [0.3, 0.4) is 0 Å². The topological polar surface area (TPSA) is 40.5 Å². The Morgan fingerprint density at radius 3 is 2.87 bits per heavy atom. The normalized spacial score (nSPS) is 16.1. The zero-order valence-electron chi connectivity index (χ0n) is 8.66. The number of carboxylic acids is 1. The van der Waals surface area contributed by atoms with E-state index in [2.05, 4.69) is 36.1 Å². The fourth-order valence-electron chi connectivity index (χ4n) is 1.29. The molecule has 0 saturated carbocycles. The van der Waals surface area contributed by atoms with Gasteiger partial charge in [-0.2, -0.15) is 0 Å². The molecular weight excluding hydrogens is 305 g/mol. The lowest BCUT2D eigenvalue weighted by Crippen LogP contribution is -2.22. The summed E-state index contributed by atoms with van der Waals surface area (Å²) in [6, 6.07) is 0. The summed E-state index contributed by atoms with van der Waals surface area (Å²) in [5, 5.41) is 8.91. The van der Waals surface area contributed by atoms with Gasteiger partial charge in [-0.3, -0.25) is 0 Å². The first-order valence-electron chi connectivity index (χ1n) is 4.84. The number of rotatable bonds is 4. The molecule has 1 aliphatic heterocycles. The van der Waals surface area contributed by atoms with E-state index in [0.717, 1.165) is 28.7 Å². The molecule has 0 saturated heterocycles. The lowest BCUT2D eigenvalue weighted by atomic mass is 10.1. The average molecular weight is 319 g/mol. The van der Waals surface area contributed by atoms with Crippen molar-refractivity contribution in [2.24, 2.45) is 0 Å². The third kappa shape index (κ3) is 3.09. The molecule has 0 aromatic heterocycles. The highest BCUT2D eigenvalue weighted by Gasteiger charge is 2.17. The molecule has 0 aliphatic carbocycles. The maximum atomic E-state index is 10.9. The van der Waals surface area contributed by atoms with Gasteiger partial charge in [0, 0.05) is 22.0 Å². The molecule has 1 N–H and O–H groups in total. The lowest BCUT2D eigenvalue weighted by Gasteiger charge is -2.26. The van der Waals surface area contributed by atoms with Crippen LogP contribution in [0.25, 0.3) is 0 Å². The van der Waals surface area contributed by atoms with Crippen LogP contribution < -0.4 is 0 Å². The molecule has 0 aromatic carbocycles. The van der Waals surface area contributed by atoms with Crippen LogP contribution in [-0.4, -0.2) is 22.5 Å².